The summed E-state index contributed by atoms with van der Waals surface area (Å²) in [5.74, 6) is 0.301. The van der Waals surface area contributed by atoms with Crippen molar-refractivity contribution in [1.29, 1.82) is 0 Å². The first-order valence-electron chi connectivity index (χ1n) is 9.91. The van der Waals surface area contributed by atoms with Crippen LogP contribution in [0.1, 0.15) is 22.5 Å². The number of anilines is 1. The van der Waals surface area contributed by atoms with E-state index >= 15 is 0 Å². The number of thiophene rings is 1. The van der Waals surface area contributed by atoms with Crippen LogP contribution >= 0.6 is 34.4 Å². The normalized spacial score (nSPS) is 16.2. The molecular weight excluding hydrogens is 454 g/mol. The summed E-state index contributed by atoms with van der Waals surface area (Å²) < 4.78 is 12.4. The second-order valence-corrected chi connectivity index (χ2v) is 10.1. The number of benzene rings is 1. The number of nitrogens with zero attached hydrogens (tertiary/aromatic N) is 2. The minimum Gasteiger partial charge on any atom is -0.382 e. The molecule has 1 aliphatic heterocycles. The Kier molecular flexibility index (Phi) is 7.57. The molecule has 4 rings (SSSR count). The second kappa shape index (κ2) is 10.6. The molecule has 1 fully saturated rings. The number of hydrogen-bond donors (Lipinski definition) is 1. The van der Waals surface area contributed by atoms with E-state index in [4.69, 9.17) is 9.47 Å². The predicted octanol–water partition coefficient (Wildman–Crippen LogP) is 4.31. The van der Waals surface area contributed by atoms with Crippen molar-refractivity contribution in [3.8, 4) is 0 Å². The van der Waals surface area contributed by atoms with Crippen molar-refractivity contribution in [3.63, 3.8) is 0 Å². The summed E-state index contributed by atoms with van der Waals surface area (Å²) in [5.41, 5.74) is 1.60. The molecule has 0 saturated carbocycles. The van der Waals surface area contributed by atoms with Crippen molar-refractivity contribution < 1.29 is 19.1 Å². The number of hydrogen-bond acceptors (Lipinski definition) is 8. The maximum absolute atomic E-state index is 12.9. The Morgan fingerprint density at radius 2 is 2.23 bits per heavy atom. The first-order chi connectivity index (χ1) is 15.2. The standard InChI is InChI=1S/C21H23N3O4S3/c1-27-9-10-28-13-30-21-23-15-7-6-14(12-18(15)31-21)22-19(25)16-4-2-8-24(16)20(26)17-5-3-11-29-17/h3,5-7,11-12,16H,2,4,8-10,13H2,1H3,(H,22,25). The van der Waals surface area contributed by atoms with Gasteiger partial charge in [-0.1, -0.05) is 17.8 Å². The Hall–Kier alpha value is -1.98. The largest absolute Gasteiger partial charge is 0.382 e. The quantitative estimate of drug-likeness (QED) is 0.281. The smallest absolute Gasteiger partial charge is 0.264 e. The fourth-order valence-corrected chi connectivity index (χ4v) is 5.92. The summed E-state index contributed by atoms with van der Waals surface area (Å²) in [7, 11) is 1.65. The second-order valence-electron chi connectivity index (χ2n) is 6.95. The van der Waals surface area contributed by atoms with E-state index in [1.807, 2.05) is 29.6 Å². The SMILES string of the molecule is COCCOCSc1nc2ccc(NC(=O)C3CCCN3C(=O)c3cccs3)cc2s1. The number of carbonyl (C=O) groups excluding carboxylic acids is 2. The van der Waals surface area contributed by atoms with Gasteiger partial charge in [0.1, 0.15) is 6.04 Å². The molecule has 1 N–H and O–H groups in total. The van der Waals surface area contributed by atoms with Crippen LogP contribution in [0.4, 0.5) is 5.69 Å². The molecule has 31 heavy (non-hydrogen) atoms. The van der Waals surface area contributed by atoms with Gasteiger partial charge in [-0.25, -0.2) is 4.98 Å². The van der Waals surface area contributed by atoms with Crippen molar-refractivity contribution in [2.45, 2.75) is 23.2 Å². The molecule has 3 heterocycles. The molecule has 1 atom stereocenters. The lowest BCUT2D eigenvalue weighted by Gasteiger charge is -2.23. The summed E-state index contributed by atoms with van der Waals surface area (Å²) in [6.07, 6.45) is 1.51. The third-order valence-corrected chi connectivity index (χ3v) is 7.78. The van der Waals surface area contributed by atoms with Gasteiger partial charge >= 0.3 is 0 Å². The maximum atomic E-state index is 12.9. The average Bonchev–Trinajstić information content (AvgIpc) is 3.53. The summed E-state index contributed by atoms with van der Waals surface area (Å²) in [5, 5.41) is 4.86. The monoisotopic (exact) mass is 477 g/mol. The number of likely N-dealkylation sites (tertiary alicyclic amines) is 1. The topological polar surface area (TPSA) is 80.8 Å². The van der Waals surface area contributed by atoms with Crippen LogP contribution in [0.3, 0.4) is 0 Å². The number of rotatable bonds is 9. The van der Waals surface area contributed by atoms with Gasteiger partial charge < -0.3 is 19.7 Å². The number of methoxy groups -OCH3 is 1. The lowest BCUT2D eigenvalue weighted by molar-refractivity contribution is -0.119. The molecule has 7 nitrogen and oxygen atoms in total. The van der Waals surface area contributed by atoms with Crippen molar-refractivity contribution in [1.82, 2.24) is 9.88 Å². The van der Waals surface area contributed by atoms with Crippen molar-refractivity contribution >= 4 is 62.2 Å². The molecule has 3 aromatic rings. The van der Waals surface area contributed by atoms with Crippen molar-refractivity contribution in [2.75, 3.05) is 38.1 Å². The van der Waals surface area contributed by atoms with E-state index in [0.717, 1.165) is 21.0 Å². The van der Waals surface area contributed by atoms with Crippen LogP contribution in [0.25, 0.3) is 10.2 Å². The Labute approximate surface area is 192 Å². The Morgan fingerprint density at radius 3 is 3.03 bits per heavy atom. The maximum Gasteiger partial charge on any atom is 0.264 e. The minimum atomic E-state index is -0.442. The lowest BCUT2D eigenvalue weighted by atomic mass is 10.2. The van der Waals surface area contributed by atoms with E-state index < -0.39 is 6.04 Å². The minimum absolute atomic E-state index is 0.0695. The van der Waals surface area contributed by atoms with Crippen molar-refractivity contribution in [3.05, 3.63) is 40.6 Å². The van der Waals surface area contributed by atoms with E-state index in [-0.39, 0.29) is 11.8 Å². The first kappa shape index (κ1) is 22.2. The number of fused-ring (bicyclic) bond motifs is 1. The summed E-state index contributed by atoms with van der Waals surface area (Å²) in [6.45, 7) is 1.73. The first-order valence-corrected chi connectivity index (χ1v) is 12.6. The van der Waals surface area contributed by atoms with Gasteiger partial charge in [0.2, 0.25) is 5.91 Å². The molecular formula is C21H23N3O4S3. The fourth-order valence-electron chi connectivity index (χ4n) is 3.39. The lowest BCUT2D eigenvalue weighted by Crippen LogP contribution is -2.42. The zero-order chi connectivity index (χ0) is 21.6. The van der Waals surface area contributed by atoms with Gasteiger partial charge in [-0.3, -0.25) is 9.59 Å². The number of aromatic nitrogens is 1. The molecule has 0 bridgehead atoms. The van der Waals surface area contributed by atoms with Crippen LogP contribution in [-0.4, -0.2) is 60.5 Å². The molecule has 1 aliphatic rings. The molecule has 0 spiro atoms. The predicted molar refractivity (Wildman–Crippen MR) is 125 cm³/mol. The molecule has 0 aliphatic carbocycles. The number of thiazole rings is 1. The van der Waals surface area contributed by atoms with Crippen LogP contribution in [0.2, 0.25) is 0 Å². The Balaban J connectivity index is 1.38. The van der Waals surface area contributed by atoms with E-state index in [9.17, 15) is 9.59 Å². The van der Waals surface area contributed by atoms with E-state index in [0.29, 0.717) is 42.7 Å². The van der Waals surface area contributed by atoms with Crippen molar-refractivity contribution in [2.24, 2.45) is 0 Å². The summed E-state index contributed by atoms with van der Waals surface area (Å²) in [4.78, 5) is 32.6. The molecule has 164 valence electrons. The molecule has 2 amide bonds. The van der Waals surface area contributed by atoms with Gasteiger partial charge in [-0.2, -0.15) is 0 Å². The molecule has 10 heteroatoms. The van der Waals surface area contributed by atoms with Crippen LogP contribution in [0, 0.1) is 0 Å². The third kappa shape index (κ3) is 5.45. The Morgan fingerprint density at radius 1 is 1.32 bits per heavy atom. The van der Waals surface area contributed by atoms with Gasteiger partial charge in [-0.15, -0.1) is 22.7 Å². The van der Waals surface area contributed by atoms with Crippen LogP contribution in [0.15, 0.2) is 40.1 Å². The number of thioether (sulfide) groups is 1. The highest BCUT2D eigenvalue weighted by Gasteiger charge is 2.34. The van der Waals surface area contributed by atoms with Crippen LogP contribution in [0.5, 0.6) is 0 Å². The van der Waals surface area contributed by atoms with Gasteiger partial charge in [0, 0.05) is 19.3 Å². The molecule has 1 unspecified atom stereocenters. The fraction of sp³-hybridized carbons (Fsp3) is 0.381. The summed E-state index contributed by atoms with van der Waals surface area (Å²) >= 11 is 4.51. The van der Waals surface area contributed by atoms with Crippen LogP contribution in [-0.2, 0) is 14.3 Å². The zero-order valence-corrected chi connectivity index (χ0v) is 19.5. The average molecular weight is 478 g/mol. The molecule has 1 saturated heterocycles. The van der Waals surface area contributed by atoms with Gasteiger partial charge in [0.05, 0.1) is 34.2 Å². The highest BCUT2D eigenvalue weighted by Crippen LogP contribution is 2.31. The van der Waals surface area contributed by atoms with E-state index in [2.05, 4.69) is 10.3 Å². The van der Waals surface area contributed by atoms with Gasteiger partial charge in [0.25, 0.3) is 5.91 Å². The number of carbonyl (C=O) groups is 2. The number of ether oxygens (including phenoxy) is 2. The number of nitrogens with one attached hydrogen (secondary N) is 1. The number of amides is 2. The summed E-state index contributed by atoms with van der Waals surface area (Å²) in [6, 6.07) is 8.90. The van der Waals surface area contributed by atoms with Gasteiger partial charge in [0.15, 0.2) is 4.34 Å². The van der Waals surface area contributed by atoms with Crippen LogP contribution < -0.4 is 5.32 Å². The highest BCUT2D eigenvalue weighted by atomic mass is 32.2. The third-order valence-electron chi connectivity index (χ3n) is 4.88. The van der Waals surface area contributed by atoms with E-state index in [1.54, 1.807) is 29.4 Å². The molecule has 2 aromatic heterocycles. The van der Waals surface area contributed by atoms with Gasteiger partial charge in [-0.05, 0) is 42.5 Å². The Bertz CT molecular complexity index is 1040. The molecule has 1 aromatic carbocycles. The highest BCUT2D eigenvalue weighted by molar-refractivity contribution is 8.01. The molecule has 0 radical (unpaired) electrons. The zero-order valence-electron chi connectivity index (χ0n) is 17.0. The van der Waals surface area contributed by atoms with E-state index in [1.165, 1.54) is 23.1 Å².